The van der Waals surface area contributed by atoms with E-state index in [0.29, 0.717) is 16.7 Å². The Morgan fingerprint density at radius 3 is 1.42 bits per heavy atom. The lowest BCUT2D eigenvalue weighted by Crippen LogP contribution is -2.64. The minimum absolute atomic E-state index is 0.0146. The Balaban J connectivity index is 0.000000195. The number of alkyl halides is 6. The monoisotopic (exact) mass is 978 g/mol. The first kappa shape index (κ1) is 52.7. The fourth-order valence-electron chi connectivity index (χ4n) is 6.43. The molecule has 0 bridgehead atoms. The van der Waals surface area contributed by atoms with Crippen molar-refractivity contribution < 1.29 is 62.4 Å². The van der Waals surface area contributed by atoms with Crippen molar-refractivity contribution in [3.63, 3.8) is 0 Å². The van der Waals surface area contributed by atoms with Gasteiger partial charge in [0.05, 0.1) is 10.9 Å². The van der Waals surface area contributed by atoms with Gasteiger partial charge >= 0.3 is 26.5 Å². The minimum atomic E-state index is -6.99. The van der Waals surface area contributed by atoms with Crippen LogP contribution in [-0.4, -0.2) is 110 Å². The summed E-state index contributed by atoms with van der Waals surface area (Å²) in [5.74, 6) is -4.32. The number of sulfonamides is 1. The molecule has 4 aromatic rings. The number of nitrogens with one attached hydrogen (secondary N) is 2. The van der Waals surface area contributed by atoms with E-state index in [1.54, 1.807) is 0 Å². The molecule has 3 saturated heterocycles. The molecule has 4 aromatic carbocycles. The van der Waals surface area contributed by atoms with Crippen LogP contribution >= 0.6 is 0 Å². The Labute approximate surface area is 375 Å². The molecule has 0 amide bonds. The van der Waals surface area contributed by atoms with E-state index in [0.717, 1.165) is 37.2 Å². The highest BCUT2D eigenvalue weighted by molar-refractivity contribution is 7.97. The molecule has 0 aliphatic carbocycles. The summed E-state index contributed by atoms with van der Waals surface area (Å²) >= 11 is 0. The fraction of sp³-hybridized carbons (Fsp3) is 0.395. The second-order valence-corrected chi connectivity index (χ2v) is 22.3. The normalized spacial score (nSPS) is 16.9. The molecular formula is C43H50F6N3O8S4+. The Hall–Kier alpha value is -3.96. The van der Waals surface area contributed by atoms with Crippen molar-refractivity contribution in [3.05, 3.63) is 127 Å². The first-order chi connectivity index (χ1) is 30.2. The van der Waals surface area contributed by atoms with Gasteiger partial charge in [0.1, 0.15) is 11.5 Å². The third-order valence-corrected chi connectivity index (χ3v) is 17.4. The maximum absolute atomic E-state index is 13.5. The highest BCUT2D eigenvalue weighted by atomic mass is 32.2. The quantitative estimate of drug-likeness (QED) is 0.0690. The Kier molecular flexibility index (Phi) is 19.7. The number of carbonyl (C=O) groups excluding carboxylic acids is 2. The van der Waals surface area contributed by atoms with E-state index < -0.39 is 55.6 Å². The summed E-state index contributed by atoms with van der Waals surface area (Å²) in [6.45, 7) is -0.167. The molecule has 3 aliphatic heterocycles. The summed E-state index contributed by atoms with van der Waals surface area (Å²) < 4.78 is 131. The van der Waals surface area contributed by atoms with E-state index in [-0.39, 0.29) is 34.2 Å². The van der Waals surface area contributed by atoms with E-state index in [4.69, 9.17) is 4.55 Å². The Bertz CT molecular complexity index is 2180. The zero-order valence-electron chi connectivity index (χ0n) is 34.5. The number of carbonyl (C=O) groups is 2. The smallest absolute Gasteiger partial charge is 0.439 e. The standard InChI is InChI=1S/C18H15S.C12H15OS.C7H10F6N2O5S2.C6H11NO2/c1-4-10-16(11-5-1)19(17-12-6-2-7-13-17)18-14-8-3-9-15-18;13-12(10-14-8-4-5-9-14)11-6-2-1-3-7-11;8-5(9,7(12,13)22(18,19)20)6(10,11)21(16,17)15-3-1-14-2-4-15;8-6(9)5-1-3-7-4-2-5/h1-15H;1-3,6-7H,4-5,8-10H2;14H,1-4H2,(H,18,19,20);5,7H,1-4H2,(H,8,9)/q2*+1;;/p-1. The Morgan fingerprint density at radius 2 is 1.05 bits per heavy atom. The van der Waals surface area contributed by atoms with E-state index in [1.165, 1.54) is 39.0 Å². The molecule has 0 spiro atoms. The van der Waals surface area contributed by atoms with Gasteiger partial charge in [-0.3, -0.25) is 9.35 Å². The Morgan fingerprint density at radius 1 is 0.656 bits per heavy atom. The molecule has 0 saturated carbocycles. The number of carboxylic acids is 1. The largest absolute Gasteiger partial charge is 0.550 e. The zero-order valence-corrected chi connectivity index (χ0v) is 37.7. The minimum Gasteiger partial charge on any atom is -0.550 e. The van der Waals surface area contributed by atoms with Crippen LogP contribution in [-0.2, 0) is 46.7 Å². The van der Waals surface area contributed by atoms with Gasteiger partial charge in [-0.1, -0.05) is 84.9 Å². The van der Waals surface area contributed by atoms with Crippen LogP contribution in [0.15, 0.2) is 136 Å². The molecule has 3 fully saturated rings. The number of piperazine rings is 1. The van der Waals surface area contributed by atoms with Crippen LogP contribution < -0.4 is 15.7 Å². The molecule has 7 rings (SSSR count). The number of benzene rings is 4. The molecular weight excluding hydrogens is 929 g/mol. The SMILES string of the molecule is O=C(C[S+]1CCCC1)c1ccccc1.O=C([O-])C1CCNCC1.O=S(=O)(O)C(F)(F)C(F)(F)C(F)(F)S(=O)(=O)N1CCNCC1.c1ccc([S+](c2ccccc2)c2ccccc2)cc1. The number of hydrogen-bond acceptors (Lipinski definition) is 9. The van der Waals surface area contributed by atoms with E-state index >= 15 is 0 Å². The third kappa shape index (κ3) is 13.8. The molecule has 350 valence electrons. The number of halogens is 6. The van der Waals surface area contributed by atoms with Gasteiger partial charge < -0.3 is 20.5 Å². The predicted octanol–water partition coefficient (Wildman–Crippen LogP) is 5.73. The van der Waals surface area contributed by atoms with Gasteiger partial charge in [-0.15, -0.1) is 0 Å². The van der Waals surface area contributed by atoms with Crippen molar-refractivity contribution in [1.82, 2.24) is 14.9 Å². The number of rotatable bonds is 12. The first-order valence-electron chi connectivity index (χ1n) is 20.1. The average Bonchev–Trinajstić information content (AvgIpc) is 3.82. The topological polar surface area (TPSA) is 173 Å². The van der Waals surface area contributed by atoms with Crippen molar-refractivity contribution >= 4 is 53.7 Å². The number of nitrogens with zero attached hydrogens (tertiary/aromatic N) is 1. The second kappa shape index (κ2) is 24.0. The fourth-order valence-corrected chi connectivity index (χ4v) is 12.7. The van der Waals surface area contributed by atoms with Crippen LogP contribution in [0, 0.1) is 5.92 Å². The van der Waals surface area contributed by atoms with Crippen LogP contribution in [0.4, 0.5) is 26.3 Å². The maximum Gasteiger partial charge on any atom is 0.439 e. The molecule has 11 nitrogen and oxygen atoms in total. The molecule has 0 aromatic heterocycles. The van der Waals surface area contributed by atoms with Gasteiger partial charge in [-0.2, -0.15) is 39.1 Å². The van der Waals surface area contributed by atoms with Crippen LogP contribution in [0.25, 0.3) is 0 Å². The summed E-state index contributed by atoms with van der Waals surface area (Å²) in [6.07, 6.45) is 4.10. The summed E-state index contributed by atoms with van der Waals surface area (Å²) in [6, 6.07) is 41.8. The number of piperidine rings is 1. The second-order valence-electron chi connectivity index (χ2n) is 14.5. The van der Waals surface area contributed by atoms with Crippen molar-refractivity contribution in [2.75, 3.05) is 56.5 Å². The summed E-state index contributed by atoms with van der Waals surface area (Å²) in [5.41, 5.74) is 0.881. The lowest BCUT2D eigenvalue weighted by Gasteiger charge is -2.35. The number of ketones is 1. The maximum atomic E-state index is 13.5. The zero-order chi connectivity index (χ0) is 47.0. The van der Waals surface area contributed by atoms with Gasteiger partial charge in [0.25, 0.3) is 10.0 Å². The number of hydrogen-bond donors (Lipinski definition) is 3. The first-order valence-corrected chi connectivity index (χ1v) is 25.9. The summed E-state index contributed by atoms with van der Waals surface area (Å²) in [7, 11) is -12.9. The average molecular weight is 979 g/mol. The molecule has 21 heteroatoms. The van der Waals surface area contributed by atoms with Crippen LogP contribution in [0.1, 0.15) is 36.0 Å². The molecule has 64 heavy (non-hydrogen) atoms. The van der Waals surface area contributed by atoms with Crippen molar-refractivity contribution in [2.45, 2.75) is 56.8 Å². The van der Waals surface area contributed by atoms with E-state index in [1.807, 2.05) is 30.3 Å². The molecule has 0 unspecified atom stereocenters. The lowest BCUT2D eigenvalue weighted by molar-refractivity contribution is -0.312. The number of carboxylic acid groups (broad SMARTS) is 1. The summed E-state index contributed by atoms with van der Waals surface area (Å²) in [4.78, 5) is 26.1. The molecule has 0 atom stereocenters. The number of aliphatic carboxylic acids is 1. The molecule has 3 aliphatic rings. The lowest BCUT2D eigenvalue weighted by atomic mass is 9.99. The van der Waals surface area contributed by atoms with Crippen molar-refractivity contribution in [1.29, 1.82) is 0 Å². The van der Waals surface area contributed by atoms with Crippen molar-refractivity contribution in [3.8, 4) is 0 Å². The molecule has 3 heterocycles. The van der Waals surface area contributed by atoms with Gasteiger partial charge in [0, 0.05) is 43.6 Å². The van der Waals surface area contributed by atoms with Crippen LogP contribution in [0.2, 0.25) is 0 Å². The highest BCUT2D eigenvalue weighted by Gasteiger charge is 2.82. The molecule has 3 N–H and O–H groups in total. The van der Waals surface area contributed by atoms with Gasteiger partial charge in [0.2, 0.25) is 5.78 Å². The van der Waals surface area contributed by atoms with Crippen LogP contribution in [0.5, 0.6) is 0 Å². The van der Waals surface area contributed by atoms with Crippen molar-refractivity contribution in [2.24, 2.45) is 5.92 Å². The number of Topliss-reactive ketones (excluding diaryl/α,β-unsaturated/α-hetero) is 1. The van der Waals surface area contributed by atoms with E-state index in [2.05, 4.69) is 102 Å². The van der Waals surface area contributed by atoms with Gasteiger partial charge in [-0.25, -0.2) is 8.42 Å². The highest BCUT2D eigenvalue weighted by Crippen LogP contribution is 2.51. The third-order valence-electron chi connectivity index (χ3n) is 9.95. The van der Waals surface area contributed by atoms with E-state index in [9.17, 15) is 57.9 Å². The van der Waals surface area contributed by atoms with Gasteiger partial charge in [0.15, 0.2) is 20.4 Å². The summed E-state index contributed by atoms with van der Waals surface area (Å²) in [5, 5.41) is 2.64. The van der Waals surface area contributed by atoms with Gasteiger partial charge in [-0.05, 0) is 86.1 Å². The molecule has 0 radical (unpaired) electrons. The van der Waals surface area contributed by atoms with Crippen LogP contribution in [0.3, 0.4) is 0 Å². The predicted molar refractivity (Wildman–Crippen MR) is 234 cm³/mol.